The van der Waals surface area contributed by atoms with Crippen LogP contribution in [-0.4, -0.2) is 22.1 Å². The number of nitrogens with zero attached hydrogens (tertiary/aromatic N) is 2. The van der Waals surface area contributed by atoms with E-state index in [2.05, 4.69) is 59.4 Å². The summed E-state index contributed by atoms with van der Waals surface area (Å²) in [6.45, 7) is 2.11. The van der Waals surface area contributed by atoms with Crippen molar-refractivity contribution < 1.29 is 4.74 Å². The van der Waals surface area contributed by atoms with E-state index in [9.17, 15) is 0 Å². The fourth-order valence-corrected chi connectivity index (χ4v) is 3.35. The Morgan fingerprint density at radius 1 is 0.963 bits per heavy atom. The van der Waals surface area contributed by atoms with Crippen LogP contribution in [0.5, 0.6) is 5.88 Å². The Bertz CT molecular complexity index is 1050. The topological polar surface area (TPSA) is 50.8 Å². The van der Waals surface area contributed by atoms with E-state index in [1.165, 1.54) is 16.7 Å². The molecule has 1 aromatic carbocycles. The number of rotatable bonds is 6. The molecule has 0 atom stereocenters. The normalized spacial score (nSPS) is 11.0. The van der Waals surface area contributed by atoms with Crippen molar-refractivity contribution in [1.29, 1.82) is 0 Å². The highest BCUT2D eigenvalue weighted by atomic mass is 16.5. The van der Waals surface area contributed by atoms with Gasteiger partial charge >= 0.3 is 0 Å². The first-order valence-corrected chi connectivity index (χ1v) is 9.22. The maximum Gasteiger partial charge on any atom is 0.216 e. The third-order valence-electron chi connectivity index (χ3n) is 4.90. The Balaban J connectivity index is 1.51. The van der Waals surface area contributed by atoms with Crippen molar-refractivity contribution in [1.82, 2.24) is 15.0 Å². The van der Waals surface area contributed by atoms with Crippen LogP contribution >= 0.6 is 0 Å². The molecular weight excluding hydrogens is 334 g/mol. The summed E-state index contributed by atoms with van der Waals surface area (Å²) < 4.78 is 5.58. The standard InChI is InChI=1S/C23H23N3O/c1-16-5-7-17(8-6-16)9-11-20-12-10-18(23(26-20)27-2)14-19-15-25-22-21(19)4-3-13-24-22/h3-8,10,12-13,15H,9,11,14H2,1-2H3,(H,24,25). The van der Waals surface area contributed by atoms with E-state index in [0.717, 1.165) is 41.6 Å². The van der Waals surface area contributed by atoms with E-state index in [-0.39, 0.29) is 0 Å². The second kappa shape index (κ2) is 7.62. The monoisotopic (exact) mass is 357 g/mol. The molecule has 4 aromatic rings. The second-order valence-electron chi connectivity index (χ2n) is 6.85. The number of pyridine rings is 2. The molecule has 4 rings (SSSR count). The van der Waals surface area contributed by atoms with Crippen molar-refractivity contribution in [2.45, 2.75) is 26.2 Å². The number of benzene rings is 1. The summed E-state index contributed by atoms with van der Waals surface area (Å²) in [5.74, 6) is 0.703. The van der Waals surface area contributed by atoms with Crippen molar-refractivity contribution in [3.63, 3.8) is 0 Å². The number of nitrogens with one attached hydrogen (secondary N) is 1. The molecule has 3 heterocycles. The predicted octanol–water partition coefficient (Wildman–Crippen LogP) is 4.65. The maximum atomic E-state index is 5.58. The summed E-state index contributed by atoms with van der Waals surface area (Å²) in [5, 5.41) is 1.14. The number of aryl methyl sites for hydroxylation is 3. The lowest BCUT2D eigenvalue weighted by molar-refractivity contribution is 0.391. The molecule has 0 saturated carbocycles. The van der Waals surface area contributed by atoms with Crippen molar-refractivity contribution in [2.75, 3.05) is 7.11 Å². The molecule has 136 valence electrons. The van der Waals surface area contributed by atoms with Gasteiger partial charge in [-0.05, 0) is 49.1 Å². The highest BCUT2D eigenvalue weighted by Gasteiger charge is 2.11. The zero-order chi connectivity index (χ0) is 18.6. The number of aromatic amines is 1. The number of hydrogen-bond acceptors (Lipinski definition) is 3. The SMILES string of the molecule is COc1nc(CCc2ccc(C)cc2)ccc1Cc1c[nH]c2ncccc12. The Kier molecular flexibility index (Phi) is 4.88. The van der Waals surface area contributed by atoms with Crippen LogP contribution < -0.4 is 4.74 Å². The molecule has 0 unspecified atom stereocenters. The van der Waals surface area contributed by atoms with Gasteiger partial charge in [0.1, 0.15) is 5.65 Å². The van der Waals surface area contributed by atoms with E-state index in [4.69, 9.17) is 9.72 Å². The summed E-state index contributed by atoms with van der Waals surface area (Å²) in [6, 6.07) is 17.0. The van der Waals surface area contributed by atoms with Crippen molar-refractivity contribution in [3.05, 3.63) is 88.9 Å². The smallest absolute Gasteiger partial charge is 0.216 e. The van der Waals surface area contributed by atoms with Gasteiger partial charge < -0.3 is 9.72 Å². The summed E-state index contributed by atoms with van der Waals surface area (Å²) >= 11 is 0. The minimum Gasteiger partial charge on any atom is -0.481 e. The van der Waals surface area contributed by atoms with Crippen molar-refractivity contribution >= 4 is 11.0 Å². The molecule has 0 aliphatic carbocycles. The van der Waals surface area contributed by atoms with Gasteiger partial charge in [-0.25, -0.2) is 9.97 Å². The Hall–Kier alpha value is -3.14. The Morgan fingerprint density at radius 2 is 1.81 bits per heavy atom. The van der Waals surface area contributed by atoms with E-state index >= 15 is 0 Å². The second-order valence-corrected chi connectivity index (χ2v) is 6.85. The third-order valence-corrected chi connectivity index (χ3v) is 4.90. The van der Waals surface area contributed by atoms with Gasteiger partial charge in [0.15, 0.2) is 0 Å². The molecule has 0 radical (unpaired) electrons. The molecule has 27 heavy (non-hydrogen) atoms. The van der Waals surface area contributed by atoms with E-state index in [1.807, 2.05) is 12.3 Å². The third kappa shape index (κ3) is 3.85. The lowest BCUT2D eigenvalue weighted by Gasteiger charge is -2.10. The van der Waals surface area contributed by atoms with Crippen LogP contribution in [0.25, 0.3) is 11.0 Å². The molecule has 3 aromatic heterocycles. The summed E-state index contributed by atoms with van der Waals surface area (Å²) in [7, 11) is 1.69. The average molecular weight is 357 g/mol. The van der Waals surface area contributed by atoms with Crippen LogP contribution in [0.4, 0.5) is 0 Å². The molecule has 0 aliphatic heterocycles. The molecule has 0 amide bonds. The van der Waals surface area contributed by atoms with Gasteiger partial charge in [0.25, 0.3) is 0 Å². The zero-order valence-corrected chi connectivity index (χ0v) is 15.7. The molecule has 1 N–H and O–H groups in total. The molecule has 0 saturated heterocycles. The molecule has 4 heteroatoms. The number of ether oxygens (including phenoxy) is 1. The number of methoxy groups -OCH3 is 1. The van der Waals surface area contributed by atoms with Crippen LogP contribution in [-0.2, 0) is 19.3 Å². The van der Waals surface area contributed by atoms with Gasteiger partial charge in [-0.3, -0.25) is 0 Å². The van der Waals surface area contributed by atoms with Gasteiger partial charge in [0.05, 0.1) is 7.11 Å². The van der Waals surface area contributed by atoms with Crippen molar-refractivity contribution in [3.8, 4) is 5.88 Å². The first-order chi connectivity index (χ1) is 13.2. The largest absolute Gasteiger partial charge is 0.481 e. The van der Waals surface area contributed by atoms with E-state index in [0.29, 0.717) is 5.88 Å². The maximum absolute atomic E-state index is 5.58. The Morgan fingerprint density at radius 3 is 2.63 bits per heavy atom. The lowest BCUT2D eigenvalue weighted by atomic mass is 10.0. The van der Waals surface area contributed by atoms with Gasteiger partial charge in [0.2, 0.25) is 5.88 Å². The van der Waals surface area contributed by atoms with Gasteiger partial charge in [-0.2, -0.15) is 0 Å². The molecule has 0 bridgehead atoms. The summed E-state index contributed by atoms with van der Waals surface area (Å²) in [5.41, 5.74) is 6.87. The van der Waals surface area contributed by atoms with E-state index in [1.54, 1.807) is 13.3 Å². The van der Waals surface area contributed by atoms with Gasteiger partial charge in [-0.15, -0.1) is 0 Å². The van der Waals surface area contributed by atoms with Crippen LogP contribution in [0.2, 0.25) is 0 Å². The number of hydrogen-bond donors (Lipinski definition) is 1. The van der Waals surface area contributed by atoms with E-state index < -0.39 is 0 Å². The quantitative estimate of drug-likeness (QED) is 0.546. The first-order valence-electron chi connectivity index (χ1n) is 9.22. The van der Waals surface area contributed by atoms with Crippen LogP contribution in [0.15, 0.2) is 60.9 Å². The first kappa shape index (κ1) is 17.3. The fourth-order valence-electron chi connectivity index (χ4n) is 3.35. The van der Waals surface area contributed by atoms with Gasteiger partial charge in [-0.1, -0.05) is 35.9 Å². The number of H-pyrrole nitrogens is 1. The summed E-state index contributed by atoms with van der Waals surface area (Å²) in [4.78, 5) is 12.3. The van der Waals surface area contributed by atoms with Gasteiger partial charge in [0, 0.05) is 35.5 Å². The fraction of sp³-hybridized carbons (Fsp3) is 0.217. The molecule has 4 nitrogen and oxygen atoms in total. The lowest BCUT2D eigenvalue weighted by Crippen LogP contribution is -2.01. The number of aromatic nitrogens is 3. The zero-order valence-electron chi connectivity index (χ0n) is 15.7. The average Bonchev–Trinajstić information content (AvgIpc) is 3.11. The molecular formula is C23H23N3O. The highest BCUT2D eigenvalue weighted by molar-refractivity contribution is 5.79. The van der Waals surface area contributed by atoms with Crippen LogP contribution in [0.1, 0.15) is 27.9 Å². The predicted molar refractivity (Wildman–Crippen MR) is 108 cm³/mol. The number of fused-ring (bicyclic) bond motifs is 1. The van der Waals surface area contributed by atoms with Crippen LogP contribution in [0.3, 0.4) is 0 Å². The molecule has 0 spiro atoms. The minimum atomic E-state index is 0.703. The minimum absolute atomic E-state index is 0.703. The highest BCUT2D eigenvalue weighted by Crippen LogP contribution is 2.24. The Labute approximate surface area is 159 Å². The van der Waals surface area contributed by atoms with Crippen LogP contribution in [0, 0.1) is 6.92 Å². The summed E-state index contributed by atoms with van der Waals surface area (Å²) in [6.07, 6.45) is 6.46. The molecule has 0 fully saturated rings. The van der Waals surface area contributed by atoms with Crippen molar-refractivity contribution in [2.24, 2.45) is 0 Å². The molecule has 0 aliphatic rings.